The Kier molecular flexibility index (Phi) is 5.90. The summed E-state index contributed by atoms with van der Waals surface area (Å²) in [4.78, 5) is 2.51. The van der Waals surface area contributed by atoms with Gasteiger partial charge in [0, 0.05) is 12.6 Å². The van der Waals surface area contributed by atoms with Gasteiger partial charge in [-0.1, -0.05) is 20.3 Å². The van der Waals surface area contributed by atoms with Crippen molar-refractivity contribution < 1.29 is 5.11 Å². The standard InChI is InChI=1S/C14H30N2O/c1-4-12(3)16(5-2)10-8-13-7-6-9-14(13,17)11-15/h12-13,17H,4-11,15H2,1-3H3. The van der Waals surface area contributed by atoms with E-state index >= 15 is 0 Å². The molecule has 0 radical (unpaired) electrons. The molecule has 1 saturated carbocycles. The number of aliphatic hydroxyl groups is 1. The fourth-order valence-corrected chi connectivity index (χ4v) is 3.08. The summed E-state index contributed by atoms with van der Waals surface area (Å²) < 4.78 is 0. The fourth-order valence-electron chi connectivity index (χ4n) is 3.08. The van der Waals surface area contributed by atoms with Gasteiger partial charge in [-0.15, -0.1) is 0 Å². The largest absolute Gasteiger partial charge is 0.388 e. The zero-order valence-corrected chi connectivity index (χ0v) is 11.8. The van der Waals surface area contributed by atoms with Crippen LogP contribution in [0.15, 0.2) is 0 Å². The molecule has 0 heterocycles. The fraction of sp³-hybridized carbons (Fsp3) is 1.00. The van der Waals surface area contributed by atoms with Crippen molar-refractivity contribution in [1.29, 1.82) is 0 Å². The Bertz CT molecular complexity index is 222. The van der Waals surface area contributed by atoms with Gasteiger partial charge in [0.1, 0.15) is 0 Å². The highest BCUT2D eigenvalue weighted by Crippen LogP contribution is 2.37. The molecule has 0 aliphatic heterocycles. The number of nitrogens with two attached hydrogens (primary N) is 1. The molecule has 1 fully saturated rings. The van der Waals surface area contributed by atoms with Crippen molar-refractivity contribution in [3.8, 4) is 0 Å². The molecule has 3 atom stereocenters. The topological polar surface area (TPSA) is 49.5 Å². The van der Waals surface area contributed by atoms with E-state index in [1.54, 1.807) is 0 Å². The van der Waals surface area contributed by atoms with E-state index in [4.69, 9.17) is 5.73 Å². The first-order chi connectivity index (χ1) is 8.07. The molecule has 0 amide bonds. The molecule has 3 unspecified atom stereocenters. The number of nitrogens with zero attached hydrogens (tertiary/aromatic N) is 1. The first kappa shape index (κ1) is 14.9. The number of hydrogen-bond acceptors (Lipinski definition) is 3. The van der Waals surface area contributed by atoms with Crippen molar-refractivity contribution in [2.75, 3.05) is 19.6 Å². The first-order valence-corrected chi connectivity index (χ1v) is 7.23. The van der Waals surface area contributed by atoms with Crippen molar-refractivity contribution in [1.82, 2.24) is 4.90 Å². The van der Waals surface area contributed by atoms with Crippen molar-refractivity contribution in [2.45, 2.75) is 64.5 Å². The van der Waals surface area contributed by atoms with Gasteiger partial charge in [-0.3, -0.25) is 0 Å². The highest BCUT2D eigenvalue weighted by molar-refractivity contribution is 4.93. The van der Waals surface area contributed by atoms with E-state index in [0.717, 1.165) is 38.8 Å². The van der Waals surface area contributed by atoms with Crippen molar-refractivity contribution in [3.05, 3.63) is 0 Å². The second kappa shape index (κ2) is 6.72. The van der Waals surface area contributed by atoms with E-state index in [1.165, 1.54) is 6.42 Å². The lowest BCUT2D eigenvalue weighted by atomic mass is 9.88. The molecule has 0 aromatic carbocycles. The van der Waals surface area contributed by atoms with Gasteiger partial charge >= 0.3 is 0 Å². The molecule has 3 heteroatoms. The molecule has 0 saturated heterocycles. The summed E-state index contributed by atoms with van der Waals surface area (Å²) in [6.45, 7) is 9.36. The summed E-state index contributed by atoms with van der Waals surface area (Å²) in [7, 11) is 0. The molecule has 1 aliphatic carbocycles. The third-order valence-electron chi connectivity index (χ3n) is 4.66. The smallest absolute Gasteiger partial charge is 0.0797 e. The summed E-state index contributed by atoms with van der Waals surface area (Å²) in [6, 6.07) is 0.646. The molecular formula is C14H30N2O. The minimum atomic E-state index is -0.575. The molecule has 3 nitrogen and oxygen atoms in total. The minimum Gasteiger partial charge on any atom is -0.388 e. The highest BCUT2D eigenvalue weighted by Gasteiger charge is 2.39. The zero-order valence-electron chi connectivity index (χ0n) is 11.8. The van der Waals surface area contributed by atoms with Crippen LogP contribution in [0.4, 0.5) is 0 Å². The monoisotopic (exact) mass is 242 g/mol. The van der Waals surface area contributed by atoms with E-state index in [9.17, 15) is 5.11 Å². The summed E-state index contributed by atoms with van der Waals surface area (Å²) in [5, 5.41) is 10.4. The lowest BCUT2D eigenvalue weighted by molar-refractivity contribution is 0.00333. The van der Waals surface area contributed by atoms with Crippen LogP contribution >= 0.6 is 0 Å². The Labute approximate surface area is 106 Å². The van der Waals surface area contributed by atoms with Crippen LogP contribution in [0, 0.1) is 5.92 Å². The normalized spacial score (nSPS) is 31.1. The quantitative estimate of drug-likeness (QED) is 0.718. The summed E-state index contributed by atoms with van der Waals surface area (Å²) >= 11 is 0. The van der Waals surface area contributed by atoms with E-state index in [-0.39, 0.29) is 0 Å². The summed E-state index contributed by atoms with van der Waals surface area (Å²) in [6.07, 6.45) is 5.45. The molecule has 102 valence electrons. The van der Waals surface area contributed by atoms with Gasteiger partial charge in [0.05, 0.1) is 5.60 Å². The van der Waals surface area contributed by atoms with Crippen LogP contribution < -0.4 is 5.73 Å². The van der Waals surface area contributed by atoms with Crippen LogP contribution in [-0.4, -0.2) is 41.3 Å². The van der Waals surface area contributed by atoms with Crippen LogP contribution in [0.2, 0.25) is 0 Å². The Morgan fingerprint density at radius 3 is 2.71 bits per heavy atom. The molecular weight excluding hydrogens is 212 g/mol. The Morgan fingerprint density at radius 2 is 2.18 bits per heavy atom. The average Bonchev–Trinajstić information content (AvgIpc) is 2.72. The van der Waals surface area contributed by atoms with Gasteiger partial charge in [0.25, 0.3) is 0 Å². The molecule has 17 heavy (non-hydrogen) atoms. The molecule has 0 aromatic rings. The van der Waals surface area contributed by atoms with Gasteiger partial charge in [-0.05, 0) is 51.6 Å². The summed E-state index contributed by atoms with van der Waals surface area (Å²) in [5.74, 6) is 0.408. The lowest BCUT2D eigenvalue weighted by Crippen LogP contribution is -2.43. The zero-order chi connectivity index (χ0) is 12.9. The average molecular weight is 242 g/mol. The lowest BCUT2D eigenvalue weighted by Gasteiger charge is -2.32. The Balaban J connectivity index is 2.43. The van der Waals surface area contributed by atoms with Crippen LogP contribution in [0.1, 0.15) is 52.9 Å². The van der Waals surface area contributed by atoms with Gasteiger partial charge in [0.15, 0.2) is 0 Å². The molecule has 3 N–H and O–H groups in total. The van der Waals surface area contributed by atoms with Gasteiger partial charge in [-0.25, -0.2) is 0 Å². The highest BCUT2D eigenvalue weighted by atomic mass is 16.3. The predicted molar refractivity (Wildman–Crippen MR) is 73.0 cm³/mol. The van der Waals surface area contributed by atoms with Gasteiger partial charge in [0.2, 0.25) is 0 Å². The van der Waals surface area contributed by atoms with Crippen LogP contribution in [0.5, 0.6) is 0 Å². The van der Waals surface area contributed by atoms with E-state index in [0.29, 0.717) is 18.5 Å². The maximum atomic E-state index is 10.4. The SMILES string of the molecule is CCC(C)N(CC)CCC1CCCC1(O)CN. The first-order valence-electron chi connectivity index (χ1n) is 7.23. The van der Waals surface area contributed by atoms with Gasteiger partial charge in [-0.2, -0.15) is 0 Å². The van der Waals surface area contributed by atoms with Crippen molar-refractivity contribution >= 4 is 0 Å². The van der Waals surface area contributed by atoms with Crippen LogP contribution in [-0.2, 0) is 0 Å². The van der Waals surface area contributed by atoms with Crippen LogP contribution in [0.3, 0.4) is 0 Å². The predicted octanol–water partition coefficient (Wildman–Crippen LogP) is 1.99. The maximum absolute atomic E-state index is 10.4. The van der Waals surface area contributed by atoms with Gasteiger partial charge < -0.3 is 15.7 Å². The van der Waals surface area contributed by atoms with E-state index in [1.807, 2.05) is 0 Å². The molecule has 0 aromatic heterocycles. The van der Waals surface area contributed by atoms with E-state index < -0.39 is 5.60 Å². The number of rotatable bonds is 7. The second-order valence-electron chi connectivity index (χ2n) is 5.57. The molecule has 1 aliphatic rings. The Hall–Kier alpha value is -0.120. The molecule has 0 spiro atoms. The third-order valence-corrected chi connectivity index (χ3v) is 4.66. The van der Waals surface area contributed by atoms with Crippen LogP contribution in [0.25, 0.3) is 0 Å². The van der Waals surface area contributed by atoms with Crippen molar-refractivity contribution in [3.63, 3.8) is 0 Å². The van der Waals surface area contributed by atoms with Crippen molar-refractivity contribution in [2.24, 2.45) is 11.7 Å². The maximum Gasteiger partial charge on any atom is 0.0797 e. The minimum absolute atomic E-state index is 0.408. The number of hydrogen-bond donors (Lipinski definition) is 2. The molecule has 0 bridgehead atoms. The molecule has 1 rings (SSSR count). The summed E-state index contributed by atoms with van der Waals surface area (Å²) in [5.41, 5.74) is 5.15. The third kappa shape index (κ3) is 3.67. The Morgan fingerprint density at radius 1 is 1.47 bits per heavy atom. The van der Waals surface area contributed by atoms with E-state index in [2.05, 4.69) is 25.7 Å². The second-order valence-corrected chi connectivity index (χ2v) is 5.57.